The van der Waals surface area contributed by atoms with Gasteiger partial charge in [-0.3, -0.25) is 9.59 Å². The molecule has 1 fully saturated rings. The molecule has 8 nitrogen and oxygen atoms in total. The van der Waals surface area contributed by atoms with Crippen LogP contribution >= 0.6 is 0 Å². The number of amides is 1. The van der Waals surface area contributed by atoms with Crippen molar-refractivity contribution >= 4 is 17.8 Å². The van der Waals surface area contributed by atoms with Crippen LogP contribution in [0.3, 0.4) is 0 Å². The van der Waals surface area contributed by atoms with Gasteiger partial charge in [0.2, 0.25) is 11.7 Å². The van der Waals surface area contributed by atoms with Crippen molar-refractivity contribution in [3.63, 3.8) is 0 Å². The monoisotopic (exact) mass is 465 g/mol. The van der Waals surface area contributed by atoms with E-state index in [9.17, 15) is 9.59 Å². The van der Waals surface area contributed by atoms with Gasteiger partial charge in [-0.05, 0) is 35.9 Å². The highest BCUT2D eigenvalue weighted by Crippen LogP contribution is 2.47. The Hall–Kier alpha value is -3.68. The third-order valence-corrected chi connectivity index (χ3v) is 6.57. The third kappa shape index (κ3) is 4.04. The summed E-state index contributed by atoms with van der Waals surface area (Å²) in [7, 11) is 3.08. The molecular formula is C26H27NO7. The number of piperidine rings is 1. The summed E-state index contributed by atoms with van der Waals surface area (Å²) >= 11 is 0. The van der Waals surface area contributed by atoms with E-state index in [-0.39, 0.29) is 18.1 Å². The van der Waals surface area contributed by atoms with Crippen LogP contribution in [0.4, 0.5) is 0 Å². The maximum atomic E-state index is 12.9. The Labute approximate surface area is 198 Å². The molecule has 3 aliphatic heterocycles. The predicted octanol–water partition coefficient (Wildman–Crippen LogP) is 3.51. The van der Waals surface area contributed by atoms with E-state index < -0.39 is 5.60 Å². The highest BCUT2D eigenvalue weighted by molar-refractivity contribution is 6.01. The highest BCUT2D eigenvalue weighted by Gasteiger charge is 2.45. The Morgan fingerprint density at radius 2 is 1.79 bits per heavy atom. The minimum atomic E-state index is -0.653. The lowest BCUT2D eigenvalue weighted by molar-refractivity contribution is -0.129. The molecule has 0 unspecified atom stereocenters. The fourth-order valence-corrected chi connectivity index (χ4v) is 4.71. The highest BCUT2D eigenvalue weighted by atomic mass is 16.6. The van der Waals surface area contributed by atoms with Crippen molar-refractivity contribution in [1.82, 2.24) is 4.90 Å². The normalized spacial score (nSPS) is 18.4. The van der Waals surface area contributed by atoms with Crippen molar-refractivity contribution < 1.29 is 33.3 Å². The zero-order valence-corrected chi connectivity index (χ0v) is 19.3. The first kappa shape index (κ1) is 22.1. The number of rotatable bonds is 4. The number of hydrogen-bond donors (Lipinski definition) is 0. The first-order valence-corrected chi connectivity index (χ1v) is 11.4. The van der Waals surface area contributed by atoms with Crippen LogP contribution in [0.15, 0.2) is 36.4 Å². The number of carbonyl (C=O) groups is 2. The summed E-state index contributed by atoms with van der Waals surface area (Å²) in [5, 5.41) is 0. The van der Waals surface area contributed by atoms with E-state index in [1.807, 2.05) is 18.2 Å². The maximum absolute atomic E-state index is 12.9. The fraction of sp³-hybridized carbons (Fsp3) is 0.385. The molecule has 2 aromatic carbocycles. The van der Waals surface area contributed by atoms with Gasteiger partial charge < -0.3 is 28.6 Å². The van der Waals surface area contributed by atoms with Crippen LogP contribution in [0.2, 0.25) is 0 Å². The molecule has 178 valence electrons. The molecule has 1 amide bonds. The molecule has 1 spiro atoms. The second-order valence-corrected chi connectivity index (χ2v) is 8.62. The standard InChI is InChI=1S/C26H27NO7/c1-30-21-7-5-18-19(28)16-26(34-24(18)25(21)31-2)9-11-27(12-10-26)23(29)8-4-17-3-6-20-22(15-17)33-14-13-32-20/h3-8,15H,9-14,16H2,1-2H3/b8-4-. The number of methoxy groups -OCH3 is 2. The maximum Gasteiger partial charge on any atom is 0.246 e. The summed E-state index contributed by atoms with van der Waals surface area (Å²) in [5.41, 5.74) is 0.717. The molecule has 5 rings (SSSR count). The van der Waals surface area contributed by atoms with E-state index in [1.165, 1.54) is 7.11 Å². The van der Waals surface area contributed by atoms with E-state index in [2.05, 4.69) is 0 Å². The van der Waals surface area contributed by atoms with Crippen LogP contribution in [0.25, 0.3) is 6.08 Å². The Morgan fingerprint density at radius 1 is 1.03 bits per heavy atom. The second-order valence-electron chi connectivity index (χ2n) is 8.62. The molecule has 0 atom stereocenters. The first-order valence-electron chi connectivity index (χ1n) is 11.4. The van der Waals surface area contributed by atoms with Gasteiger partial charge in [-0.25, -0.2) is 0 Å². The van der Waals surface area contributed by atoms with Crippen LogP contribution in [-0.4, -0.2) is 62.7 Å². The minimum absolute atomic E-state index is 0.0143. The summed E-state index contributed by atoms with van der Waals surface area (Å²) in [6.07, 6.45) is 4.74. The quantitative estimate of drug-likeness (QED) is 0.639. The van der Waals surface area contributed by atoms with Crippen molar-refractivity contribution in [3.05, 3.63) is 47.5 Å². The lowest BCUT2D eigenvalue weighted by Gasteiger charge is -2.44. The average Bonchev–Trinajstić information content (AvgIpc) is 2.86. The van der Waals surface area contributed by atoms with Crippen molar-refractivity contribution in [2.45, 2.75) is 24.9 Å². The van der Waals surface area contributed by atoms with E-state index in [0.717, 1.165) is 5.56 Å². The van der Waals surface area contributed by atoms with Gasteiger partial charge in [0, 0.05) is 32.0 Å². The van der Waals surface area contributed by atoms with Crippen LogP contribution in [0.5, 0.6) is 28.7 Å². The van der Waals surface area contributed by atoms with Gasteiger partial charge in [0.25, 0.3) is 0 Å². The number of carbonyl (C=O) groups excluding carboxylic acids is 2. The van der Waals surface area contributed by atoms with Crippen LogP contribution in [0, 0.1) is 0 Å². The van der Waals surface area contributed by atoms with Gasteiger partial charge in [0.05, 0.1) is 26.2 Å². The number of ether oxygens (including phenoxy) is 5. The molecule has 3 heterocycles. The van der Waals surface area contributed by atoms with E-state index in [0.29, 0.717) is 73.5 Å². The number of Topliss-reactive ketones (excluding diaryl/α,β-unsaturated/α-hetero) is 1. The lowest BCUT2D eigenvalue weighted by Crippen LogP contribution is -2.52. The molecule has 0 N–H and O–H groups in total. The number of ketones is 1. The van der Waals surface area contributed by atoms with E-state index in [1.54, 1.807) is 36.3 Å². The van der Waals surface area contributed by atoms with Gasteiger partial charge >= 0.3 is 0 Å². The van der Waals surface area contributed by atoms with Gasteiger partial charge in [-0.15, -0.1) is 0 Å². The van der Waals surface area contributed by atoms with Gasteiger partial charge in [0.1, 0.15) is 18.8 Å². The summed E-state index contributed by atoms with van der Waals surface area (Å²) in [6.45, 7) is 2.05. The van der Waals surface area contributed by atoms with Gasteiger partial charge in [0.15, 0.2) is 28.8 Å². The fourth-order valence-electron chi connectivity index (χ4n) is 4.71. The number of nitrogens with zero attached hydrogens (tertiary/aromatic N) is 1. The molecule has 2 aromatic rings. The molecule has 0 bridgehead atoms. The molecule has 34 heavy (non-hydrogen) atoms. The number of benzene rings is 2. The summed E-state index contributed by atoms with van der Waals surface area (Å²) in [4.78, 5) is 27.5. The van der Waals surface area contributed by atoms with Crippen LogP contribution < -0.4 is 23.7 Å². The minimum Gasteiger partial charge on any atom is -0.493 e. The smallest absolute Gasteiger partial charge is 0.246 e. The molecule has 0 radical (unpaired) electrons. The summed E-state index contributed by atoms with van der Waals surface area (Å²) in [5.74, 6) is 2.71. The summed E-state index contributed by atoms with van der Waals surface area (Å²) in [6, 6.07) is 9.04. The van der Waals surface area contributed by atoms with Crippen molar-refractivity contribution in [2.75, 3.05) is 40.5 Å². The molecule has 0 saturated carbocycles. The van der Waals surface area contributed by atoms with Crippen molar-refractivity contribution in [3.8, 4) is 28.7 Å². The molecular weight excluding hydrogens is 438 g/mol. The zero-order valence-electron chi connectivity index (χ0n) is 19.3. The Morgan fingerprint density at radius 3 is 2.53 bits per heavy atom. The van der Waals surface area contributed by atoms with Gasteiger partial charge in [-0.2, -0.15) is 0 Å². The summed E-state index contributed by atoms with van der Waals surface area (Å²) < 4.78 is 28.4. The topological polar surface area (TPSA) is 83.5 Å². The SMILES string of the molecule is COc1ccc2c(c1OC)OC1(CCN(C(=O)/C=C\c3ccc4c(c3)OCCO4)CC1)CC2=O. The number of fused-ring (bicyclic) bond motifs is 2. The Balaban J connectivity index is 1.26. The van der Waals surface area contributed by atoms with Gasteiger partial charge in [-0.1, -0.05) is 6.07 Å². The third-order valence-electron chi connectivity index (χ3n) is 6.57. The predicted molar refractivity (Wildman–Crippen MR) is 124 cm³/mol. The Kier molecular flexibility index (Phi) is 5.81. The van der Waals surface area contributed by atoms with E-state index >= 15 is 0 Å². The first-order chi connectivity index (χ1) is 16.5. The largest absolute Gasteiger partial charge is 0.493 e. The molecule has 1 saturated heterocycles. The molecule has 0 aromatic heterocycles. The van der Waals surface area contributed by atoms with Crippen LogP contribution in [0.1, 0.15) is 35.2 Å². The molecule has 3 aliphatic rings. The van der Waals surface area contributed by atoms with Crippen LogP contribution in [-0.2, 0) is 4.79 Å². The Bertz CT molecular complexity index is 1150. The van der Waals surface area contributed by atoms with Crippen molar-refractivity contribution in [2.24, 2.45) is 0 Å². The molecule has 8 heteroatoms. The second kappa shape index (κ2) is 8.93. The average molecular weight is 466 g/mol. The number of hydrogen-bond acceptors (Lipinski definition) is 7. The molecule has 0 aliphatic carbocycles. The number of likely N-dealkylation sites (tertiary alicyclic amines) is 1. The van der Waals surface area contributed by atoms with Crippen molar-refractivity contribution in [1.29, 1.82) is 0 Å². The zero-order chi connectivity index (χ0) is 23.7. The lowest BCUT2D eigenvalue weighted by atomic mass is 9.82. The van der Waals surface area contributed by atoms with E-state index in [4.69, 9.17) is 23.7 Å².